The van der Waals surface area contributed by atoms with Crippen LogP contribution in [0.4, 0.5) is 21.9 Å². The van der Waals surface area contributed by atoms with E-state index in [4.69, 9.17) is 0 Å². The Balaban J connectivity index is 1.38. The van der Waals surface area contributed by atoms with Gasteiger partial charge in [-0.15, -0.1) is 11.3 Å². The molecule has 0 atom stereocenters. The molecule has 4 aromatic rings. The molecule has 0 fully saturated rings. The number of nitrogens with zero attached hydrogens (tertiary/aromatic N) is 1. The summed E-state index contributed by atoms with van der Waals surface area (Å²) < 4.78 is 2.15. The van der Waals surface area contributed by atoms with Crippen molar-refractivity contribution in [2.75, 3.05) is 16.0 Å². The number of nitrogens with one attached hydrogen (secondary N) is 3. The molecule has 0 radical (unpaired) electrons. The molecule has 0 aliphatic carbocycles. The Morgan fingerprint density at radius 3 is 2.06 bits per heavy atom. The number of carbonyl (C=O) groups excluding carboxylic acids is 2. The van der Waals surface area contributed by atoms with E-state index in [9.17, 15) is 9.59 Å². The van der Waals surface area contributed by atoms with E-state index in [0.717, 1.165) is 17.9 Å². The molecule has 4 rings (SSSR count). The summed E-state index contributed by atoms with van der Waals surface area (Å²) in [5, 5.41) is 10.5. The molecule has 2 aromatic heterocycles. The highest BCUT2D eigenvalue weighted by Crippen LogP contribution is 2.21. The normalized spacial score (nSPS) is 10.6. The molecule has 32 heavy (non-hydrogen) atoms. The number of hydrogen-bond donors (Lipinski definition) is 3. The summed E-state index contributed by atoms with van der Waals surface area (Å²) in [4.78, 5) is 26.2. The van der Waals surface area contributed by atoms with Gasteiger partial charge in [-0.2, -0.15) is 0 Å². The summed E-state index contributed by atoms with van der Waals surface area (Å²) in [6.07, 6.45) is 0. The van der Waals surface area contributed by atoms with Gasteiger partial charge in [-0.25, -0.2) is 4.79 Å². The molecule has 0 aliphatic heterocycles. The van der Waals surface area contributed by atoms with Crippen LogP contribution in [-0.4, -0.2) is 16.5 Å². The number of aryl methyl sites for hydroxylation is 1. The van der Waals surface area contributed by atoms with Crippen LogP contribution in [0.2, 0.25) is 0 Å². The number of urea groups is 1. The van der Waals surface area contributed by atoms with E-state index in [0.29, 0.717) is 22.6 Å². The molecule has 3 N–H and O–H groups in total. The Hall–Kier alpha value is -3.84. The Bertz CT molecular complexity index is 1210. The van der Waals surface area contributed by atoms with Crippen molar-refractivity contribution in [3.63, 3.8) is 0 Å². The van der Waals surface area contributed by atoms with Crippen LogP contribution in [0.25, 0.3) is 0 Å². The van der Waals surface area contributed by atoms with Crippen molar-refractivity contribution >= 4 is 40.3 Å². The molecule has 0 unspecified atom stereocenters. The summed E-state index contributed by atoms with van der Waals surface area (Å²) >= 11 is 1.71. The van der Waals surface area contributed by atoms with Crippen LogP contribution in [0.5, 0.6) is 0 Å². The Labute approximate surface area is 190 Å². The number of benzene rings is 2. The van der Waals surface area contributed by atoms with Crippen molar-refractivity contribution in [3.8, 4) is 0 Å². The lowest BCUT2D eigenvalue weighted by molar-refractivity contribution is 0.102. The minimum atomic E-state index is -0.328. The van der Waals surface area contributed by atoms with Gasteiger partial charge in [0.1, 0.15) is 0 Å². The van der Waals surface area contributed by atoms with Crippen LogP contribution in [0, 0.1) is 13.8 Å². The average Bonchev–Trinajstić information content (AvgIpc) is 3.39. The van der Waals surface area contributed by atoms with Crippen LogP contribution >= 0.6 is 11.3 Å². The molecule has 7 heteroatoms. The molecular weight excluding hydrogens is 420 g/mol. The Morgan fingerprint density at radius 1 is 0.812 bits per heavy atom. The largest absolute Gasteiger partial charge is 0.343 e. The number of hydrogen-bond acceptors (Lipinski definition) is 3. The number of rotatable bonds is 6. The van der Waals surface area contributed by atoms with Crippen LogP contribution in [0.1, 0.15) is 26.6 Å². The zero-order chi connectivity index (χ0) is 22.5. The number of anilines is 3. The van der Waals surface area contributed by atoms with E-state index in [-0.39, 0.29) is 11.9 Å². The minimum Gasteiger partial charge on any atom is -0.343 e. The number of thiophene rings is 1. The number of para-hydroxylation sites is 1. The highest BCUT2D eigenvalue weighted by Gasteiger charge is 2.16. The van der Waals surface area contributed by atoms with Crippen LogP contribution in [-0.2, 0) is 6.54 Å². The second-order valence-corrected chi connectivity index (χ2v) is 8.46. The molecule has 2 aromatic carbocycles. The van der Waals surface area contributed by atoms with Crippen molar-refractivity contribution in [2.24, 2.45) is 0 Å². The van der Waals surface area contributed by atoms with Crippen LogP contribution in [0.3, 0.4) is 0 Å². The second-order valence-electron chi connectivity index (χ2n) is 7.43. The molecule has 6 nitrogen and oxygen atoms in total. The highest BCUT2D eigenvalue weighted by atomic mass is 32.1. The Morgan fingerprint density at radius 2 is 1.44 bits per heavy atom. The molecule has 2 heterocycles. The van der Waals surface area contributed by atoms with E-state index in [1.807, 2.05) is 56.3 Å². The number of aromatic nitrogens is 1. The molecule has 162 valence electrons. The maximum Gasteiger partial charge on any atom is 0.323 e. The summed E-state index contributed by atoms with van der Waals surface area (Å²) in [6.45, 7) is 4.74. The molecule has 0 aliphatic rings. The van der Waals surface area contributed by atoms with Gasteiger partial charge in [0.15, 0.2) is 0 Å². The van der Waals surface area contributed by atoms with Gasteiger partial charge in [0.2, 0.25) is 0 Å². The van der Waals surface area contributed by atoms with Gasteiger partial charge in [0.05, 0.1) is 12.1 Å². The summed E-state index contributed by atoms with van der Waals surface area (Å²) in [5.41, 5.74) is 4.64. The van der Waals surface area contributed by atoms with Gasteiger partial charge < -0.3 is 20.5 Å². The minimum absolute atomic E-state index is 0.155. The maximum atomic E-state index is 12.9. The molecule has 3 amide bonds. The third-order valence-electron chi connectivity index (χ3n) is 5.14. The quantitative estimate of drug-likeness (QED) is 0.336. The molecule has 0 spiro atoms. The van der Waals surface area contributed by atoms with Crippen molar-refractivity contribution in [1.29, 1.82) is 0 Å². The van der Waals surface area contributed by atoms with E-state index in [2.05, 4.69) is 32.0 Å². The smallest absolute Gasteiger partial charge is 0.323 e. The van der Waals surface area contributed by atoms with Crippen LogP contribution in [0.15, 0.2) is 78.2 Å². The third-order valence-corrected chi connectivity index (χ3v) is 6.01. The molecule has 0 bridgehead atoms. The van der Waals surface area contributed by atoms with Crippen LogP contribution < -0.4 is 16.0 Å². The molecule has 0 saturated carbocycles. The fourth-order valence-corrected chi connectivity index (χ4v) is 4.18. The van der Waals surface area contributed by atoms with Gasteiger partial charge >= 0.3 is 6.03 Å². The fourth-order valence-electron chi connectivity index (χ4n) is 3.48. The number of amides is 3. The first-order valence-corrected chi connectivity index (χ1v) is 11.1. The summed E-state index contributed by atoms with van der Waals surface area (Å²) in [7, 11) is 0. The lowest BCUT2D eigenvalue weighted by Gasteiger charge is -2.10. The second kappa shape index (κ2) is 9.53. The highest BCUT2D eigenvalue weighted by molar-refractivity contribution is 7.09. The van der Waals surface area contributed by atoms with Crippen molar-refractivity contribution in [3.05, 3.63) is 100 Å². The summed E-state index contributed by atoms with van der Waals surface area (Å²) in [5.74, 6) is -0.155. The topological polar surface area (TPSA) is 75.2 Å². The van der Waals surface area contributed by atoms with Gasteiger partial charge in [-0.1, -0.05) is 24.3 Å². The predicted octanol–water partition coefficient (Wildman–Crippen LogP) is 6.11. The van der Waals surface area contributed by atoms with E-state index >= 15 is 0 Å². The van der Waals surface area contributed by atoms with E-state index in [1.165, 1.54) is 4.88 Å². The lowest BCUT2D eigenvalue weighted by atomic mass is 10.2. The predicted molar refractivity (Wildman–Crippen MR) is 131 cm³/mol. The first-order chi connectivity index (χ1) is 15.5. The fraction of sp³-hybridized carbons (Fsp3) is 0.120. The van der Waals surface area contributed by atoms with Gasteiger partial charge in [-0.05, 0) is 67.8 Å². The Kier molecular flexibility index (Phi) is 6.37. The molecule has 0 saturated heterocycles. The SMILES string of the molecule is Cc1cc(C(=O)Nc2ccc(NC(=O)Nc3ccccc3)cc2)c(C)n1Cc1cccs1. The van der Waals surface area contributed by atoms with Crippen molar-refractivity contribution < 1.29 is 9.59 Å². The summed E-state index contributed by atoms with van der Waals surface area (Å²) in [6, 6.07) is 22.0. The van der Waals surface area contributed by atoms with E-state index < -0.39 is 0 Å². The monoisotopic (exact) mass is 444 g/mol. The zero-order valence-corrected chi connectivity index (χ0v) is 18.7. The standard InChI is InChI=1S/C25H24N4O2S/c1-17-15-23(18(2)29(17)16-22-9-6-14-32-22)24(30)26-20-10-12-21(13-11-20)28-25(31)27-19-7-4-3-5-8-19/h3-15H,16H2,1-2H3,(H,26,30)(H2,27,28,31). The lowest BCUT2D eigenvalue weighted by Crippen LogP contribution is -2.19. The van der Waals surface area contributed by atoms with Gasteiger partial charge in [0.25, 0.3) is 5.91 Å². The van der Waals surface area contributed by atoms with Gasteiger partial charge in [-0.3, -0.25) is 4.79 Å². The molecular formula is C25H24N4O2S. The van der Waals surface area contributed by atoms with E-state index in [1.54, 1.807) is 35.6 Å². The van der Waals surface area contributed by atoms with Gasteiger partial charge in [0, 0.05) is 33.3 Å². The first-order valence-electron chi connectivity index (χ1n) is 10.2. The van der Waals surface area contributed by atoms with Crippen molar-refractivity contribution in [2.45, 2.75) is 20.4 Å². The van der Waals surface area contributed by atoms with Crippen molar-refractivity contribution in [1.82, 2.24) is 4.57 Å². The maximum absolute atomic E-state index is 12.9. The third kappa shape index (κ3) is 5.07. The first kappa shape index (κ1) is 21.4. The average molecular weight is 445 g/mol. The number of carbonyl (C=O) groups is 2. The zero-order valence-electron chi connectivity index (χ0n) is 17.9.